The molecule has 7 nitrogen and oxygen atoms in total. The summed E-state index contributed by atoms with van der Waals surface area (Å²) in [5, 5.41) is 7.34. The summed E-state index contributed by atoms with van der Waals surface area (Å²) in [4.78, 5) is 16.9. The van der Waals surface area contributed by atoms with Crippen molar-refractivity contribution < 1.29 is 14.3 Å². The minimum Gasteiger partial charge on any atom is -0.497 e. The maximum absolute atomic E-state index is 12.6. The number of methoxy groups -OCH3 is 1. The van der Waals surface area contributed by atoms with Crippen molar-refractivity contribution in [1.82, 2.24) is 19.9 Å². The molecule has 1 aromatic carbocycles. The van der Waals surface area contributed by atoms with Crippen LogP contribution >= 0.6 is 0 Å². The summed E-state index contributed by atoms with van der Waals surface area (Å²) in [5.41, 5.74) is 2.83. The molecule has 2 aromatic heterocycles. The number of hydrogen-bond acceptors (Lipinski definition) is 5. The molecule has 0 saturated carbocycles. The van der Waals surface area contributed by atoms with Gasteiger partial charge in [0.1, 0.15) is 11.3 Å². The SMILES string of the molecule is COc1ccc(-c2ccnc3c(C(=O)NCC4(C)COC4)cnn23)cc1. The standard InChI is InChI=1S/C19H20N4O3/c1-19(11-26-12-19)10-21-18(24)15-9-22-23-16(7-8-20-17(15)23)13-3-5-14(25-2)6-4-13/h3-9H,10-12H2,1-2H3,(H,21,24). The van der Waals surface area contributed by atoms with Gasteiger partial charge in [0.2, 0.25) is 0 Å². The van der Waals surface area contributed by atoms with Gasteiger partial charge in [-0.1, -0.05) is 6.92 Å². The van der Waals surface area contributed by atoms with E-state index < -0.39 is 0 Å². The minimum atomic E-state index is -0.174. The molecule has 3 heterocycles. The average Bonchev–Trinajstić information content (AvgIpc) is 3.09. The van der Waals surface area contributed by atoms with Gasteiger partial charge >= 0.3 is 0 Å². The minimum absolute atomic E-state index is 0.0142. The highest BCUT2D eigenvalue weighted by Gasteiger charge is 2.33. The molecule has 0 spiro atoms. The number of benzene rings is 1. The zero-order valence-electron chi connectivity index (χ0n) is 14.7. The first kappa shape index (κ1) is 16.5. The van der Waals surface area contributed by atoms with E-state index in [4.69, 9.17) is 9.47 Å². The van der Waals surface area contributed by atoms with Gasteiger partial charge in [-0.3, -0.25) is 4.79 Å². The quantitative estimate of drug-likeness (QED) is 0.761. The molecule has 134 valence electrons. The molecule has 1 fully saturated rings. The highest BCUT2D eigenvalue weighted by Crippen LogP contribution is 2.26. The molecule has 0 bridgehead atoms. The lowest BCUT2D eigenvalue weighted by molar-refractivity contribution is -0.0978. The van der Waals surface area contributed by atoms with Gasteiger partial charge < -0.3 is 14.8 Å². The second kappa shape index (κ2) is 6.42. The number of nitrogens with one attached hydrogen (secondary N) is 1. The average molecular weight is 352 g/mol. The molecule has 1 saturated heterocycles. The summed E-state index contributed by atoms with van der Waals surface area (Å²) in [7, 11) is 1.63. The maximum atomic E-state index is 12.6. The molecular weight excluding hydrogens is 332 g/mol. The highest BCUT2D eigenvalue weighted by molar-refractivity contribution is 5.99. The van der Waals surface area contributed by atoms with E-state index in [-0.39, 0.29) is 11.3 Å². The van der Waals surface area contributed by atoms with Crippen LogP contribution in [0.1, 0.15) is 17.3 Å². The van der Waals surface area contributed by atoms with Gasteiger partial charge in [-0.25, -0.2) is 9.50 Å². The summed E-state index contributed by atoms with van der Waals surface area (Å²) >= 11 is 0. The van der Waals surface area contributed by atoms with Gasteiger partial charge in [0.15, 0.2) is 5.65 Å². The predicted molar refractivity (Wildman–Crippen MR) is 96.2 cm³/mol. The summed E-state index contributed by atoms with van der Waals surface area (Å²) < 4.78 is 12.1. The number of nitrogens with zero attached hydrogens (tertiary/aromatic N) is 3. The lowest BCUT2D eigenvalue weighted by Crippen LogP contribution is -2.48. The van der Waals surface area contributed by atoms with E-state index in [1.54, 1.807) is 24.0 Å². The zero-order chi connectivity index (χ0) is 18.1. The Morgan fingerprint density at radius 2 is 2.08 bits per heavy atom. The van der Waals surface area contributed by atoms with Crippen molar-refractivity contribution in [1.29, 1.82) is 0 Å². The van der Waals surface area contributed by atoms with Crippen LogP contribution in [0.2, 0.25) is 0 Å². The number of carbonyl (C=O) groups excluding carboxylic acids is 1. The topological polar surface area (TPSA) is 77.8 Å². The van der Waals surface area contributed by atoms with E-state index in [1.165, 1.54) is 0 Å². The molecule has 0 unspecified atom stereocenters. The lowest BCUT2D eigenvalue weighted by Gasteiger charge is -2.37. The summed E-state index contributed by atoms with van der Waals surface area (Å²) in [6.45, 7) is 4.00. The van der Waals surface area contributed by atoms with E-state index in [0.717, 1.165) is 17.0 Å². The van der Waals surface area contributed by atoms with Crippen molar-refractivity contribution >= 4 is 11.6 Å². The van der Waals surface area contributed by atoms with Crippen LogP contribution in [0.25, 0.3) is 16.9 Å². The Kier molecular flexibility index (Phi) is 4.08. The molecule has 4 rings (SSSR count). The molecule has 1 N–H and O–H groups in total. The molecule has 7 heteroatoms. The second-order valence-electron chi connectivity index (χ2n) is 6.84. The van der Waals surface area contributed by atoms with Crippen LogP contribution in [0.15, 0.2) is 42.7 Å². The number of fused-ring (bicyclic) bond motifs is 1. The van der Waals surface area contributed by atoms with Crippen molar-refractivity contribution in [2.45, 2.75) is 6.92 Å². The Morgan fingerprint density at radius 3 is 2.73 bits per heavy atom. The van der Waals surface area contributed by atoms with Crippen molar-refractivity contribution in [3.63, 3.8) is 0 Å². The number of aromatic nitrogens is 3. The van der Waals surface area contributed by atoms with E-state index >= 15 is 0 Å². The van der Waals surface area contributed by atoms with Crippen LogP contribution in [0.4, 0.5) is 0 Å². The number of rotatable bonds is 5. The first-order chi connectivity index (χ1) is 12.6. The fourth-order valence-corrected chi connectivity index (χ4v) is 2.97. The molecular formula is C19H20N4O3. The van der Waals surface area contributed by atoms with Crippen LogP contribution < -0.4 is 10.1 Å². The third kappa shape index (κ3) is 2.90. The number of amides is 1. The molecule has 0 radical (unpaired) electrons. The van der Waals surface area contributed by atoms with Crippen LogP contribution in [0.3, 0.4) is 0 Å². The normalized spacial score (nSPS) is 15.5. The van der Waals surface area contributed by atoms with E-state index in [2.05, 4.69) is 22.3 Å². The van der Waals surface area contributed by atoms with E-state index in [0.29, 0.717) is 31.0 Å². The Morgan fingerprint density at radius 1 is 1.31 bits per heavy atom. The number of hydrogen-bond donors (Lipinski definition) is 1. The van der Waals surface area contributed by atoms with Crippen molar-refractivity contribution in [3.8, 4) is 17.0 Å². The molecule has 0 atom stereocenters. The lowest BCUT2D eigenvalue weighted by atomic mass is 9.89. The summed E-state index contributed by atoms with van der Waals surface area (Å²) in [5.74, 6) is 0.612. The first-order valence-electron chi connectivity index (χ1n) is 8.43. The van der Waals surface area contributed by atoms with E-state index in [1.807, 2.05) is 30.3 Å². The Labute approximate surface area is 151 Å². The molecule has 0 aliphatic carbocycles. The smallest absolute Gasteiger partial charge is 0.256 e. The van der Waals surface area contributed by atoms with Gasteiger partial charge in [-0.2, -0.15) is 5.10 Å². The van der Waals surface area contributed by atoms with E-state index in [9.17, 15) is 4.79 Å². The van der Waals surface area contributed by atoms with Crippen molar-refractivity contribution in [3.05, 3.63) is 48.3 Å². The maximum Gasteiger partial charge on any atom is 0.256 e. The third-order valence-corrected chi connectivity index (χ3v) is 4.61. The van der Waals surface area contributed by atoms with Crippen LogP contribution in [0.5, 0.6) is 5.75 Å². The fraction of sp³-hybridized carbons (Fsp3) is 0.316. The molecule has 1 amide bonds. The van der Waals surface area contributed by atoms with Crippen LogP contribution in [0, 0.1) is 5.41 Å². The Hall–Kier alpha value is -2.93. The number of ether oxygens (including phenoxy) is 2. The van der Waals surface area contributed by atoms with Gasteiger partial charge in [0.05, 0.1) is 32.2 Å². The zero-order valence-corrected chi connectivity index (χ0v) is 14.7. The van der Waals surface area contributed by atoms with Crippen LogP contribution in [-0.2, 0) is 4.74 Å². The molecule has 1 aliphatic heterocycles. The second-order valence-corrected chi connectivity index (χ2v) is 6.84. The fourth-order valence-electron chi connectivity index (χ4n) is 2.97. The monoisotopic (exact) mass is 352 g/mol. The Bertz CT molecular complexity index is 945. The molecule has 3 aromatic rings. The molecule has 1 aliphatic rings. The first-order valence-corrected chi connectivity index (χ1v) is 8.43. The largest absolute Gasteiger partial charge is 0.497 e. The van der Waals surface area contributed by atoms with Crippen molar-refractivity contribution in [2.75, 3.05) is 26.9 Å². The van der Waals surface area contributed by atoms with Gasteiger partial charge in [0.25, 0.3) is 5.91 Å². The van der Waals surface area contributed by atoms with Gasteiger partial charge in [0, 0.05) is 23.7 Å². The summed E-state index contributed by atoms with van der Waals surface area (Å²) in [6.07, 6.45) is 3.25. The Balaban J connectivity index is 1.62. The van der Waals surface area contributed by atoms with Gasteiger partial charge in [-0.15, -0.1) is 0 Å². The van der Waals surface area contributed by atoms with Gasteiger partial charge in [-0.05, 0) is 30.3 Å². The number of carbonyl (C=O) groups is 1. The highest BCUT2D eigenvalue weighted by atomic mass is 16.5. The van der Waals surface area contributed by atoms with Crippen LogP contribution in [-0.4, -0.2) is 47.4 Å². The summed E-state index contributed by atoms with van der Waals surface area (Å²) in [6, 6.07) is 9.55. The van der Waals surface area contributed by atoms with Crippen molar-refractivity contribution in [2.24, 2.45) is 5.41 Å². The third-order valence-electron chi connectivity index (χ3n) is 4.61. The predicted octanol–water partition coefficient (Wildman–Crippen LogP) is 2.17. The molecule has 26 heavy (non-hydrogen) atoms.